The highest BCUT2D eigenvalue weighted by Crippen LogP contribution is 2.31. The fourth-order valence-corrected chi connectivity index (χ4v) is 5.08. The largest absolute Gasteiger partial charge is 0.465 e. The average molecular weight is 558 g/mol. The van der Waals surface area contributed by atoms with Crippen molar-refractivity contribution in [3.63, 3.8) is 0 Å². The van der Waals surface area contributed by atoms with Crippen LogP contribution in [-0.4, -0.2) is 49.2 Å². The van der Waals surface area contributed by atoms with Crippen LogP contribution in [0.1, 0.15) is 34.0 Å². The molecular weight excluding hydrogens is 526 g/mol. The Morgan fingerprint density at radius 2 is 1.67 bits per heavy atom. The summed E-state index contributed by atoms with van der Waals surface area (Å²) in [5.41, 5.74) is 8.44. The van der Waals surface area contributed by atoms with E-state index in [2.05, 4.69) is 81.4 Å². The Labute approximate surface area is 243 Å². The van der Waals surface area contributed by atoms with Crippen molar-refractivity contribution in [1.29, 1.82) is 0 Å². The number of rotatable bonds is 10. The molecule has 210 valence electrons. The van der Waals surface area contributed by atoms with Crippen LogP contribution in [0.2, 0.25) is 0 Å². The number of carbonyl (C=O) groups excluding carboxylic acids is 1. The van der Waals surface area contributed by atoms with Gasteiger partial charge in [-0.1, -0.05) is 84.4 Å². The van der Waals surface area contributed by atoms with Crippen molar-refractivity contribution in [1.82, 2.24) is 35.5 Å². The SMILES string of the molecule is CCOc1nc2cccc(C(=O)NCCc3ccc(C)cc3)c2n1Cc1ccc(-c2ccccc2-c2nn[nH]n2)cc1. The fraction of sp³-hybridized carbons (Fsp3) is 0.182. The van der Waals surface area contributed by atoms with Crippen LogP contribution >= 0.6 is 0 Å². The molecule has 0 atom stereocenters. The maximum Gasteiger partial charge on any atom is 0.297 e. The molecular formula is C33H31N7O2. The van der Waals surface area contributed by atoms with E-state index in [4.69, 9.17) is 9.72 Å². The third-order valence-electron chi connectivity index (χ3n) is 7.19. The third kappa shape index (κ3) is 5.62. The number of nitrogens with zero attached hydrogens (tertiary/aromatic N) is 5. The number of hydrogen-bond acceptors (Lipinski definition) is 6. The number of amides is 1. The minimum atomic E-state index is -0.134. The van der Waals surface area contributed by atoms with Crippen LogP contribution in [0.25, 0.3) is 33.5 Å². The van der Waals surface area contributed by atoms with E-state index in [0.717, 1.165) is 39.7 Å². The summed E-state index contributed by atoms with van der Waals surface area (Å²) in [5, 5.41) is 17.6. The van der Waals surface area contributed by atoms with Crippen molar-refractivity contribution in [2.45, 2.75) is 26.8 Å². The number of H-pyrrole nitrogens is 1. The second-order valence-corrected chi connectivity index (χ2v) is 10.1. The molecule has 4 aromatic carbocycles. The zero-order valence-corrected chi connectivity index (χ0v) is 23.5. The minimum absolute atomic E-state index is 0.134. The quantitative estimate of drug-likeness (QED) is 0.227. The molecule has 2 aromatic heterocycles. The van der Waals surface area contributed by atoms with Crippen molar-refractivity contribution in [2.24, 2.45) is 0 Å². The van der Waals surface area contributed by atoms with Crippen LogP contribution in [0, 0.1) is 6.92 Å². The van der Waals surface area contributed by atoms with Gasteiger partial charge in [0.25, 0.3) is 11.9 Å². The van der Waals surface area contributed by atoms with Crippen LogP contribution in [-0.2, 0) is 13.0 Å². The maximum atomic E-state index is 13.4. The number of aromatic amines is 1. The van der Waals surface area contributed by atoms with E-state index in [1.54, 1.807) is 0 Å². The molecule has 0 saturated carbocycles. The Morgan fingerprint density at radius 1 is 0.905 bits per heavy atom. The van der Waals surface area contributed by atoms with Gasteiger partial charge in [0, 0.05) is 12.1 Å². The normalized spacial score (nSPS) is 11.1. The van der Waals surface area contributed by atoms with Gasteiger partial charge < -0.3 is 10.1 Å². The lowest BCUT2D eigenvalue weighted by molar-refractivity contribution is 0.0955. The van der Waals surface area contributed by atoms with Gasteiger partial charge in [0.05, 0.1) is 29.7 Å². The first-order chi connectivity index (χ1) is 20.6. The van der Waals surface area contributed by atoms with Crippen LogP contribution in [0.15, 0.2) is 91.0 Å². The maximum absolute atomic E-state index is 13.4. The summed E-state index contributed by atoms with van der Waals surface area (Å²) in [6, 6.07) is 30.8. The molecule has 9 nitrogen and oxygen atoms in total. The highest BCUT2D eigenvalue weighted by Gasteiger charge is 2.19. The highest BCUT2D eigenvalue weighted by atomic mass is 16.5. The van der Waals surface area contributed by atoms with Gasteiger partial charge in [0.15, 0.2) is 0 Å². The number of hydrogen-bond donors (Lipinski definition) is 2. The highest BCUT2D eigenvalue weighted by molar-refractivity contribution is 6.05. The van der Waals surface area contributed by atoms with Gasteiger partial charge >= 0.3 is 0 Å². The Hall–Kier alpha value is -5.31. The summed E-state index contributed by atoms with van der Waals surface area (Å²) in [7, 11) is 0. The fourth-order valence-electron chi connectivity index (χ4n) is 5.08. The Balaban J connectivity index is 1.27. The average Bonchev–Trinajstić information content (AvgIpc) is 3.67. The minimum Gasteiger partial charge on any atom is -0.465 e. The molecule has 0 unspecified atom stereocenters. The third-order valence-corrected chi connectivity index (χ3v) is 7.19. The van der Waals surface area contributed by atoms with Gasteiger partial charge in [-0.15, -0.1) is 10.2 Å². The smallest absolute Gasteiger partial charge is 0.297 e. The van der Waals surface area contributed by atoms with Gasteiger partial charge in [-0.25, -0.2) is 0 Å². The summed E-state index contributed by atoms with van der Waals surface area (Å²) < 4.78 is 7.91. The number of ether oxygens (including phenoxy) is 1. The monoisotopic (exact) mass is 557 g/mol. The number of imidazole rings is 1. The van der Waals surface area contributed by atoms with Gasteiger partial charge in [-0.2, -0.15) is 10.2 Å². The van der Waals surface area contributed by atoms with Crippen LogP contribution < -0.4 is 10.1 Å². The molecule has 9 heteroatoms. The molecule has 42 heavy (non-hydrogen) atoms. The summed E-state index contributed by atoms with van der Waals surface area (Å²) in [4.78, 5) is 18.1. The number of fused-ring (bicyclic) bond motifs is 1. The van der Waals surface area contributed by atoms with E-state index in [1.165, 1.54) is 11.1 Å². The lowest BCUT2D eigenvalue weighted by Crippen LogP contribution is -2.26. The first kappa shape index (κ1) is 26.9. The Bertz CT molecular complexity index is 1810. The zero-order chi connectivity index (χ0) is 28.9. The number of benzene rings is 4. The molecule has 0 fully saturated rings. The molecule has 0 aliphatic heterocycles. The topological polar surface area (TPSA) is 111 Å². The van der Waals surface area contributed by atoms with E-state index >= 15 is 0 Å². The number of aryl methyl sites for hydroxylation is 1. The van der Waals surface area contributed by atoms with Gasteiger partial charge in [0.1, 0.15) is 0 Å². The van der Waals surface area contributed by atoms with Gasteiger partial charge in [0.2, 0.25) is 5.82 Å². The van der Waals surface area contributed by atoms with Crippen molar-refractivity contribution in [3.8, 4) is 28.5 Å². The van der Waals surface area contributed by atoms with E-state index in [9.17, 15) is 4.79 Å². The van der Waals surface area contributed by atoms with E-state index < -0.39 is 0 Å². The summed E-state index contributed by atoms with van der Waals surface area (Å²) in [6.07, 6.45) is 0.758. The second kappa shape index (κ2) is 12.1. The molecule has 6 aromatic rings. The molecule has 0 aliphatic rings. The van der Waals surface area contributed by atoms with Crippen LogP contribution in [0.4, 0.5) is 0 Å². The predicted octanol–water partition coefficient (Wildman–Crippen LogP) is 5.61. The molecule has 0 aliphatic carbocycles. The number of tetrazole rings is 1. The lowest BCUT2D eigenvalue weighted by Gasteiger charge is -2.13. The van der Waals surface area contributed by atoms with Crippen LogP contribution in [0.3, 0.4) is 0 Å². The van der Waals surface area contributed by atoms with E-state index in [1.807, 2.05) is 54.0 Å². The zero-order valence-electron chi connectivity index (χ0n) is 23.5. The lowest BCUT2D eigenvalue weighted by atomic mass is 9.98. The number of aromatic nitrogens is 6. The van der Waals surface area contributed by atoms with Crippen molar-refractivity contribution < 1.29 is 9.53 Å². The Kier molecular flexibility index (Phi) is 7.72. The molecule has 0 bridgehead atoms. The van der Waals surface area contributed by atoms with Gasteiger partial charge in [-0.05, 0) is 59.9 Å². The molecule has 0 saturated heterocycles. The predicted molar refractivity (Wildman–Crippen MR) is 162 cm³/mol. The molecule has 1 amide bonds. The first-order valence-corrected chi connectivity index (χ1v) is 14.0. The summed E-state index contributed by atoms with van der Waals surface area (Å²) in [6.45, 7) is 5.49. The van der Waals surface area contributed by atoms with Gasteiger partial charge in [-0.3, -0.25) is 9.36 Å². The van der Waals surface area contributed by atoms with E-state index in [0.29, 0.717) is 37.1 Å². The second-order valence-electron chi connectivity index (χ2n) is 10.1. The van der Waals surface area contributed by atoms with E-state index in [-0.39, 0.29) is 5.91 Å². The molecule has 2 heterocycles. The Morgan fingerprint density at radius 3 is 2.40 bits per heavy atom. The van der Waals surface area contributed by atoms with Crippen molar-refractivity contribution >= 4 is 16.9 Å². The molecule has 6 rings (SSSR count). The molecule has 2 N–H and O–H groups in total. The first-order valence-electron chi connectivity index (χ1n) is 14.0. The number of nitrogens with one attached hydrogen (secondary N) is 2. The standard InChI is InChI=1S/C33H31N7O2/c1-3-42-33-35-29-10-6-9-28(32(41)34-20-19-23-13-11-22(2)12-14-23)30(29)40(33)21-24-15-17-25(18-16-24)26-7-4-5-8-27(26)31-36-38-39-37-31/h4-18H,3,19-21H2,1-2H3,(H,34,41)(H,36,37,38,39). The summed E-state index contributed by atoms with van der Waals surface area (Å²) >= 11 is 0. The molecule has 0 spiro atoms. The van der Waals surface area contributed by atoms with Crippen LogP contribution in [0.5, 0.6) is 6.01 Å². The molecule has 0 radical (unpaired) electrons. The summed E-state index contributed by atoms with van der Waals surface area (Å²) in [5.74, 6) is 0.413. The van der Waals surface area contributed by atoms with Crippen molar-refractivity contribution in [3.05, 3.63) is 113 Å². The van der Waals surface area contributed by atoms with Crippen molar-refractivity contribution in [2.75, 3.05) is 13.2 Å². The number of carbonyl (C=O) groups is 1. The number of para-hydroxylation sites is 1.